The van der Waals surface area contributed by atoms with Crippen LogP contribution >= 0.6 is 0 Å². The predicted molar refractivity (Wildman–Crippen MR) is 107 cm³/mol. The molecule has 0 saturated carbocycles. The number of carbonyl (C=O) groups is 4. The minimum Gasteiger partial charge on any atom is -0.508 e. The molecule has 0 aliphatic heterocycles. The third kappa shape index (κ3) is 8.39. The van der Waals surface area contributed by atoms with Crippen LogP contribution < -0.4 is 16.8 Å². The summed E-state index contributed by atoms with van der Waals surface area (Å²) in [6.45, 7) is 0.210. The molecular weight excluding hydrogens is 455 g/mol. The number of hydrogen-bond acceptors (Lipinski definition) is 6. The Morgan fingerprint density at radius 2 is 1.76 bits per heavy atom. The molecule has 2 rings (SSSR count). The summed E-state index contributed by atoms with van der Waals surface area (Å²) in [5.74, 6) is -6.03. The lowest BCUT2D eigenvalue weighted by atomic mass is 10.1. The van der Waals surface area contributed by atoms with Gasteiger partial charge in [-0.15, -0.1) is 0 Å². The summed E-state index contributed by atoms with van der Waals surface area (Å²) >= 11 is 0. The Bertz CT molecular complexity index is 1060. The largest absolute Gasteiger partial charge is 0.508 e. The average Bonchev–Trinajstić information content (AvgIpc) is 3.11. The third-order valence-electron chi connectivity index (χ3n) is 3.91. The second-order valence-electron chi connectivity index (χ2n) is 6.38. The van der Waals surface area contributed by atoms with Gasteiger partial charge in [0, 0.05) is 29.7 Å². The molecule has 0 spiro atoms. The molecule has 1 atom stereocenters. The zero-order chi connectivity index (χ0) is 25.3. The van der Waals surface area contributed by atoms with Gasteiger partial charge in [-0.05, 0) is 25.0 Å². The van der Waals surface area contributed by atoms with Crippen LogP contribution in [0.2, 0.25) is 0 Å². The van der Waals surface area contributed by atoms with Gasteiger partial charge >= 0.3 is 18.1 Å². The van der Waals surface area contributed by atoms with Gasteiger partial charge in [0.2, 0.25) is 0 Å². The van der Waals surface area contributed by atoms with Crippen molar-refractivity contribution in [2.75, 3.05) is 6.54 Å². The second kappa shape index (κ2) is 11.4. The van der Waals surface area contributed by atoms with Gasteiger partial charge in [-0.2, -0.15) is 13.2 Å². The number of nitrogens with zero attached hydrogens (tertiary/aromatic N) is 1. The van der Waals surface area contributed by atoms with Gasteiger partial charge in [0.05, 0.1) is 5.56 Å². The molecule has 0 radical (unpaired) electrons. The number of halogens is 3. The molecular formula is C18H20F3N5O7. The van der Waals surface area contributed by atoms with Crippen LogP contribution in [0.25, 0.3) is 10.9 Å². The summed E-state index contributed by atoms with van der Waals surface area (Å²) in [5, 5.41) is 28.4. The van der Waals surface area contributed by atoms with Crippen molar-refractivity contribution in [2.24, 2.45) is 16.5 Å². The number of H-pyrrole nitrogens is 1. The number of nitrogens with one attached hydrogen (secondary N) is 2. The number of carboxylic acid groups (broad SMARTS) is 2. The molecule has 0 aliphatic rings. The van der Waals surface area contributed by atoms with Crippen LogP contribution in [0.5, 0.6) is 5.75 Å². The van der Waals surface area contributed by atoms with Crippen molar-refractivity contribution in [3.63, 3.8) is 0 Å². The maximum absolute atomic E-state index is 12.3. The maximum Gasteiger partial charge on any atom is 0.490 e. The molecule has 0 unspecified atom stereocenters. The molecule has 180 valence electrons. The number of Topliss-reactive ketones (excluding diaryl/α,β-unsaturated/α-hetero) is 1. The highest BCUT2D eigenvalue weighted by Gasteiger charge is 2.38. The average molecular weight is 475 g/mol. The molecule has 12 nitrogen and oxygen atoms in total. The molecule has 1 amide bonds. The van der Waals surface area contributed by atoms with E-state index in [0.717, 1.165) is 0 Å². The Morgan fingerprint density at radius 3 is 2.27 bits per heavy atom. The van der Waals surface area contributed by atoms with Crippen molar-refractivity contribution in [3.8, 4) is 5.75 Å². The van der Waals surface area contributed by atoms with Gasteiger partial charge in [0.1, 0.15) is 11.8 Å². The van der Waals surface area contributed by atoms with E-state index < -0.39 is 35.8 Å². The van der Waals surface area contributed by atoms with Gasteiger partial charge in [-0.3, -0.25) is 14.6 Å². The number of ketones is 1. The van der Waals surface area contributed by atoms with E-state index in [4.69, 9.17) is 21.4 Å². The number of aliphatic carboxylic acids is 2. The molecule has 1 aromatic carbocycles. The fraction of sp³-hybridized carbons (Fsp3) is 0.278. The van der Waals surface area contributed by atoms with Crippen molar-refractivity contribution >= 4 is 40.5 Å². The van der Waals surface area contributed by atoms with E-state index >= 15 is 0 Å². The number of amides is 1. The number of hydrogen-bond donors (Lipinski definition) is 7. The van der Waals surface area contributed by atoms with Gasteiger partial charge in [-0.1, -0.05) is 0 Å². The van der Waals surface area contributed by atoms with Crippen LogP contribution in [0, 0.1) is 0 Å². The number of carboxylic acids is 2. The lowest BCUT2D eigenvalue weighted by molar-refractivity contribution is -0.192. The highest BCUT2D eigenvalue weighted by Crippen LogP contribution is 2.23. The maximum atomic E-state index is 12.3. The number of nitrogens with two attached hydrogens (primary N) is 2. The number of carbonyl (C=O) groups excluding carboxylic acids is 2. The first kappa shape index (κ1) is 26.7. The van der Waals surface area contributed by atoms with E-state index in [1.165, 1.54) is 24.4 Å². The molecule has 2 aromatic rings. The number of aromatic hydroxyl groups is 1. The number of aliphatic imine (C=N–C) groups is 1. The lowest BCUT2D eigenvalue weighted by Crippen LogP contribution is -2.44. The van der Waals surface area contributed by atoms with Crippen LogP contribution in [0.4, 0.5) is 13.2 Å². The Kier molecular flexibility index (Phi) is 9.20. The first-order valence-electron chi connectivity index (χ1n) is 8.97. The SMILES string of the molecule is NC(N)=NCCC[C@H](NC(=O)C(=O)c1c[nH]c2cc(O)ccc12)C(=O)O.O=C(O)C(F)(F)F. The van der Waals surface area contributed by atoms with E-state index in [1.807, 2.05) is 0 Å². The smallest absolute Gasteiger partial charge is 0.490 e. The zero-order valence-electron chi connectivity index (χ0n) is 16.7. The van der Waals surface area contributed by atoms with Crippen molar-refractivity contribution in [1.29, 1.82) is 0 Å². The molecule has 1 heterocycles. The van der Waals surface area contributed by atoms with Crippen LogP contribution in [0.1, 0.15) is 23.2 Å². The number of benzene rings is 1. The molecule has 0 saturated heterocycles. The number of fused-ring (bicyclic) bond motifs is 1. The number of phenols is 1. The van der Waals surface area contributed by atoms with E-state index in [9.17, 15) is 37.8 Å². The highest BCUT2D eigenvalue weighted by molar-refractivity contribution is 6.45. The molecule has 15 heteroatoms. The molecule has 0 fully saturated rings. The second-order valence-corrected chi connectivity index (χ2v) is 6.38. The standard InChI is InChI=1S/C16H19N5O5.C2HF3O2/c17-16(18)19-5-1-2-11(15(25)26)21-14(24)13(23)10-7-20-12-6-8(22)3-4-9(10)12;3-2(4,5)1(6)7/h3-4,6-7,11,20,22H,1-2,5H2,(H,21,24)(H,25,26)(H4,17,18,19);(H,6,7)/t11-;/m0./s1. The van der Waals surface area contributed by atoms with Crippen molar-refractivity contribution in [3.05, 3.63) is 30.0 Å². The minimum atomic E-state index is -5.08. The number of rotatable bonds is 8. The van der Waals surface area contributed by atoms with Gasteiger partial charge in [0.25, 0.3) is 11.7 Å². The van der Waals surface area contributed by atoms with E-state index in [1.54, 1.807) is 0 Å². The summed E-state index contributed by atoms with van der Waals surface area (Å²) in [5.41, 5.74) is 10.9. The van der Waals surface area contributed by atoms with E-state index in [-0.39, 0.29) is 30.2 Å². The summed E-state index contributed by atoms with van der Waals surface area (Å²) in [6, 6.07) is 3.04. The highest BCUT2D eigenvalue weighted by atomic mass is 19.4. The summed E-state index contributed by atoms with van der Waals surface area (Å²) in [6.07, 6.45) is -3.37. The quantitative estimate of drug-likeness (QED) is 0.0916. The molecule has 0 bridgehead atoms. The Morgan fingerprint density at radius 1 is 1.15 bits per heavy atom. The first-order chi connectivity index (χ1) is 15.2. The van der Waals surface area contributed by atoms with Crippen LogP contribution in [0.3, 0.4) is 0 Å². The zero-order valence-corrected chi connectivity index (χ0v) is 16.7. The van der Waals surface area contributed by atoms with Crippen molar-refractivity contribution < 1.29 is 47.7 Å². The van der Waals surface area contributed by atoms with Gasteiger partial charge < -0.3 is 37.1 Å². The van der Waals surface area contributed by atoms with Crippen LogP contribution in [-0.4, -0.2) is 68.7 Å². The normalized spacial score (nSPS) is 11.6. The van der Waals surface area contributed by atoms with Crippen molar-refractivity contribution in [1.82, 2.24) is 10.3 Å². The Hall–Kier alpha value is -4.30. The van der Waals surface area contributed by atoms with Gasteiger partial charge in [0.15, 0.2) is 5.96 Å². The number of guanidine groups is 1. The third-order valence-corrected chi connectivity index (χ3v) is 3.91. The predicted octanol–water partition coefficient (Wildman–Crippen LogP) is 0.313. The van der Waals surface area contributed by atoms with Crippen LogP contribution in [0.15, 0.2) is 29.4 Å². The van der Waals surface area contributed by atoms with E-state index in [0.29, 0.717) is 17.3 Å². The Labute approximate surface area is 183 Å². The summed E-state index contributed by atoms with van der Waals surface area (Å²) in [7, 11) is 0. The fourth-order valence-corrected chi connectivity index (χ4v) is 2.41. The topological polar surface area (TPSA) is 221 Å². The molecule has 1 aromatic heterocycles. The fourth-order valence-electron chi connectivity index (χ4n) is 2.41. The number of phenolic OH excluding ortho intramolecular Hbond substituents is 1. The van der Waals surface area contributed by atoms with Gasteiger partial charge in [-0.25, -0.2) is 9.59 Å². The summed E-state index contributed by atoms with van der Waals surface area (Å²) in [4.78, 5) is 51.2. The minimum absolute atomic E-state index is 0.00881. The Balaban J connectivity index is 0.000000675. The van der Waals surface area contributed by atoms with Crippen molar-refractivity contribution in [2.45, 2.75) is 25.1 Å². The number of aromatic nitrogens is 1. The molecule has 33 heavy (non-hydrogen) atoms. The van der Waals surface area contributed by atoms with Crippen LogP contribution in [-0.2, 0) is 14.4 Å². The van der Waals surface area contributed by atoms with E-state index in [2.05, 4.69) is 15.3 Å². The monoisotopic (exact) mass is 475 g/mol. The number of alkyl halides is 3. The lowest BCUT2D eigenvalue weighted by Gasteiger charge is -2.13. The number of aromatic amines is 1. The first-order valence-corrected chi connectivity index (χ1v) is 8.97. The molecule has 9 N–H and O–H groups in total. The molecule has 0 aliphatic carbocycles. The summed E-state index contributed by atoms with van der Waals surface area (Å²) < 4.78 is 31.7.